The van der Waals surface area contributed by atoms with Crippen molar-refractivity contribution in [3.63, 3.8) is 0 Å². The number of benzene rings is 2. The number of thioether (sulfide) groups is 1. The SMILES string of the molecule is CC1CCCC(C)N1C(=O)CSc1nc2ccccc2c(=O)n1-c1ccc(OC(F)F)cc1. The van der Waals surface area contributed by atoms with Crippen molar-refractivity contribution in [1.82, 2.24) is 14.5 Å². The van der Waals surface area contributed by atoms with Crippen molar-refractivity contribution in [1.29, 1.82) is 0 Å². The van der Waals surface area contributed by atoms with Gasteiger partial charge in [0.05, 0.1) is 22.3 Å². The number of hydrogen-bond donors (Lipinski definition) is 0. The molecule has 3 aromatic rings. The predicted molar refractivity (Wildman–Crippen MR) is 124 cm³/mol. The number of halogens is 2. The molecule has 2 heterocycles. The minimum atomic E-state index is -2.93. The molecule has 0 saturated carbocycles. The fourth-order valence-electron chi connectivity index (χ4n) is 4.33. The van der Waals surface area contributed by atoms with Crippen LogP contribution in [0.5, 0.6) is 5.75 Å². The molecule has 0 aliphatic carbocycles. The van der Waals surface area contributed by atoms with Crippen LogP contribution in [0.1, 0.15) is 33.1 Å². The minimum Gasteiger partial charge on any atom is -0.435 e. The Kier molecular flexibility index (Phi) is 6.97. The Labute approximate surface area is 194 Å². The van der Waals surface area contributed by atoms with E-state index in [1.807, 2.05) is 4.90 Å². The lowest BCUT2D eigenvalue weighted by Gasteiger charge is -2.39. The number of fused-ring (bicyclic) bond motifs is 1. The second kappa shape index (κ2) is 9.91. The summed E-state index contributed by atoms with van der Waals surface area (Å²) in [7, 11) is 0. The number of aromatic nitrogens is 2. The molecule has 2 atom stereocenters. The number of nitrogens with zero attached hydrogens (tertiary/aromatic N) is 3. The number of likely N-dealkylation sites (tertiary alicyclic amines) is 1. The maximum atomic E-state index is 13.3. The molecular weight excluding hydrogens is 448 g/mol. The molecule has 1 aromatic heterocycles. The third kappa shape index (κ3) is 5.03. The molecule has 1 fully saturated rings. The van der Waals surface area contributed by atoms with Gasteiger partial charge in [0.1, 0.15) is 5.75 Å². The average molecular weight is 474 g/mol. The molecule has 1 aliphatic heterocycles. The quantitative estimate of drug-likeness (QED) is 0.378. The van der Waals surface area contributed by atoms with Crippen LogP contribution < -0.4 is 10.3 Å². The fraction of sp³-hybridized carbons (Fsp3) is 0.375. The zero-order chi connectivity index (χ0) is 23.5. The largest absolute Gasteiger partial charge is 0.435 e. The molecule has 2 aromatic carbocycles. The number of rotatable bonds is 6. The molecule has 33 heavy (non-hydrogen) atoms. The van der Waals surface area contributed by atoms with Gasteiger partial charge in [-0.15, -0.1) is 0 Å². The molecule has 0 bridgehead atoms. The van der Waals surface area contributed by atoms with Gasteiger partial charge in [0, 0.05) is 12.1 Å². The second-order valence-electron chi connectivity index (χ2n) is 8.14. The van der Waals surface area contributed by atoms with Gasteiger partial charge in [0.25, 0.3) is 5.56 Å². The molecule has 4 rings (SSSR count). The fourth-order valence-corrected chi connectivity index (χ4v) is 5.21. The molecule has 174 valence electrons. The van der Waals surface area contributed by atoms with Gasteiger partial charge in [0.2, 0.25) is 5.91 Å². The highest BCUT2D eigenvalue weighted by molar-refractivity contribution is 7.99. The Morgan fingerprint density at radius 2 is 1.79 bits per heavy atom. The van der Waals surface area contributed by atoms with Gasteiger partial charge in [-0.25, -0.2) is 4.98 Å². The van der Waals surface area contributed by atoms with Crippen molar-refractivity contribution in [3.05, 3.63) is 58.9 Å². The Morgan fingerprint density at radius 3 is 2.45 bits per heavy atom. The van der Waals surface area contributed by atoms with Crippen molar-refractivity contribution < 1.29 is 18.3 Å². The molecule has 6 nitrogen and oxygen atoms in total. The number of hydrogen-bond acceptors (Lipinski definition) is 5. The zero-order valence-electron chi connectivity index (χ0n) is 18.4. The zero-order valence-corrected chi connectivity index (χ0v) is 19.2. The summed E-state index contributed by atoms with van der Waals surface area (Å²) in [5, 5.41) is 0.797. The van der Waals surface area contributed by atoms with E-state index >= 15 is 0 Å². The lowest BCUT2D eigenvalue weighted by molar-refractivity contribution is -0.134. The molecule has 0 N–H and O–H groups in total. The topological polar surface area (TPSA) is 64.4 Å². The summed E-state index contributed by atoms with van der Waals surface area (Å²) >= 11 is 1.20. The van der Waals surface area contributed by atoms with Crippen molar-refractivity contribution in [2.75, 3.05) is 5.75 Å². The van der Waals surface area contributed by atoms with Crippen molar-refractivity contribution in [2.24, 2.45) is 0 Å². The van der Waals surface area contributed by atoms with Crippen LogP contribution in [0.15, 0.2) is 58.5 Å². The highest BCUT2D eigenvalue weighted by Gasteiger charge is 2.29. The van der Waals surface area contributed by atoms with E-state index in [4.69, 9.17) is 0 Å². The number of piperidine rings is 1. The molecule has 0 radical (unpaired) electrons. The predicted octanol–water partition coefficient (Wildman–Crippen LogP) is 4.87. The first-order valence-electron chi connectivity index (χ1n) is 10.9. The van der Waals surface area contributed by atoms with E-state index in [0.29, 0.717) is 21.7 Å². The van der Waals surface area contributed by atoms with E-state index in [-0.39, 0.29) is 35.1 Å². The highest BCUT2D eigenvalue weighted by Crippen LogP contribution is 2.27. The molecule has 9 heteroatoms. The van der Waals surface area contributed by atoms with Crippen molar-refractivity contribution >= 4 is 28.6 Å². The Morgan fingerprint density at radius 1 is 1.12 bits per heavy atom. The highest BCUT2D eigenvalue weighted by atomic mass is 32.2. The second-order valence-corrected chi connectivity index (χ2v) is 9.09. The first kappa shape index (κ1) is 23.2. The van der Waals surface area contributed by atoms with Gasteiger partial charge in [-0.3, -0.25) is 14.2 Å². The molecule has 0 spiro atoms. The van der Waals surface area contributed by atoms with E-state index in [0.717, 1.165) is 19.3 Å². The summed E-state index contributed by atoms with van der Waals surface area (Å²) < 4.78 is 30.8. The lowest BCUT2D eigenvalue weighted by Crippen LogP contribution is -2.48. The summed E-state index contributed by atoms with van der Waals surface area (Å²) in [6.07, 6.45) is 3.07. The molecule has 1 aliphatic rings. The maximum absolute atomic E-state index is 13.3. The van der Waals surface area contributed by atoms with Gasteiger partial charge >= 0.3 is 6.61 Å². The number of carbonyl (C=O) groups excluding carboxylic acids is 1. The van der Waals surface area contributed by atoms with E-state index in [2.05, 4.69) is 23.6 Å². The van der Waals surface area contributed by atoms with Crippen LogP contribution in [-0.4, -0.2) is 44.8 Å². The van der Waals surface area contributed by atoms with Gasteiger partial charge in [-0.05, 0) is 69.5 Å². The first-order valence-corrected chi connectivity index (χ1v) is 11.8. The lowest BCUT2D eigenvalue weighted by atomic mass is 9.98. The van der Waals surface area contributed by atoms with Gasteiger partial charge < -0.3 is 9.64 Å². The monoisotopic (exact) mass is 473 g/mol. The van der Waals surface area contributed by atoms with E-state index in [1.54, 1.807) is 24.3 Å². The van der Waals surface area contributed by atoms with Crippen LogP contribution in [0.3, 0.4) is 0 Å². The molecule has 2 unspecified atom stereocenters. The molecular formula is C24H25F2N3O3S. The first-order chi connectivity index (χ1) is 15.8. The standard InChI is InChI=1S/C24H25F2N3O3S/c1-15-6-5-7-16(2)28(15)21(30)14-33-24-27-20-9-4-3-8-19(20)22(31)29(24)17-10-12-18(13-11-17)32-23(25)26/h3-4,8-13,15-16,23H,5-7,14H2,1-2H3. The Hall–Kier alpha value is -2.94. The van der Waals surface area contributed by atoms with Crippen LogP contribution in [0, 0.1) is 0 Å². The number of para-hydroxylation sites is 1. The van der Waals surface area contributed by atoms with Gasteiger partial charge in [-0.2, -0.15) is 8.78 Å². The summed E-state index contributed by atoms with van der Waals surface area (Å²) in [6.45, 7) is 1.19. The van der Waals surface area contributed by atoms with E-state index in [1.165, 1.54) is 40.6 Å². The number of ether oxygens (including phenoxy) is 1. The van der Waals surface area contributed by atoms with E-state index in [9.17, 15) is 18.4 Å². The van der Waals surface area contributed by atoms with Crippen LogP contribution in [0.25, 0.3) is 16.6 Å². The Balaban J connectivity index is 1.68. The van der Waals surface area contributed by atoms with Crippen LogP contribution in [-0.2, 0) is 4.79 Å². The smallest absolute Gasteiger partial charge is 0.387 e. The van der Waals surface area contributed by atoms with E-state index < -0.39 is 6.61 Å². The molecule has 1 saturated heterocycles. The number of carbonyl (C=O) groups is 1. The summed E-state index contributed by atoms with van der Waals surface area (Å²) in [6, 6.07) is 13.1. The van der Waals surface area contributed by atoms with Crippen molar-refractivity contribution in [3.8, 4) is 11.4 Å². The number of amides is 1. The normalized spacial score (nSPS) is 18.6. The maximum Gasteiger partial charge on any atom is 0.387 e. The average Bonchev–Trinajstić information content (AvgIpc) is 2.78. The third-order valence-electron chi connectivity index (χ3n) is 5.87. The minimum absolute atomic E-state index is 0.00648. The van der Waals surface area contributed by atoms with Crippen molar-refractivity contribution in [2.45, 2.75) is 57.0 Å². The third-order valence-corrected chi connectivity index (χ3v) is 6.79. The van der Waals surface area contributed by atoms with Crippen LogP contribution >= 0.6 is 11.8 Å². The summed E-state index contributed by atoms with van der Waals surface area (Å²) in [5.74, 6) is 0.147. The van der Waals surface area contributed by atoms with Gasteiger partial charge in [0.15, 0.2) is 5.16 Å². The number of alkyl halides is 2. The van der Waals surface area contributed by atoms with Crippen LogP contribution in [0.2, 0.25) is 0 Å². The summed E-state index contributed by atoms with van der Waals surface area (Å²) in [4.78, 5) is 32.9. The van der Waals surface area contributed by atoms with Gasteiger partial charge in [-0.1, -0.05) is 23.9 Å². The summed E-state index contributed by atoms with van der Waals surface area (Å²) in [5.41, 5.74) is 0.693. The molecule has 1 amide bonds. The Bertz CT molecular complexity index is 1190. The van der Waals surface area contributed by atoms with Crippen LogP contribution in [0.4, 0.5) is 8.78 Å².